The molecule has 0 atom stereocenters. The first-order chi connectivity index (χ1) is 13.6. The number of hydrogen-bond donors (Lipinski definition) is 1. The van der Waals surface area contributed by atoms with Crippen LogP contribution in [0, 0.1) is 0 Å². The molecule has 1 aliphatic heterocycles. The fourth-order valence-electron chi connectivity index (χ4n) is 3.09. The maximum absolute atomic E-state index is 12.2. The quantitative estimate of drug-likeness (QED) is 0.635. The molecule has 0 unspecified atom stereocenters. The zero-order valence-electron chi connectivity index (χ0n) is 15.5. The standard InChI is InChI=1S/C20H21ClN4O2S/c1-24-8-10-25(11-9-24)16-5-3-15(4-6-16)22-19(26)13-28-20-23-17-12-14(21)2-7-18(17)27-20/h2-7,12H,8-11,13H2,1H3,(H,22,26). The molecule has 0 bridgehead atoms. The molecule has 3 aromatic rings. The van der Waals surface area contributed by atoms with Crippen molar-refractivity contribution in [3.63, 3.8) is 0 Å². The predicted molar refractivity (Wildman–Crippen MR) is 115 cm³/mol. The fourth-order valence-corrected chi connectivity index (χ4v) is 3.89. The van der Waals surface area contributed by atoms with Crippen molar-refractivity contribution in [2.45, 2.75) is 5.22 Å². The maximum atomic E-state index is 12.2. The highest BCUT2D eigenvalue weighted by Gasteiger charge is 2.14. The van der Waals surface area contributed by atoms with E-state index in [2.05, 4.69) is 39.3 Å². The Hall–Kier alpha value is -2.22. The Bertz CT molecular complexity index is 968. The van der Waals surface area contributed by atoms with Gasteiger partial charge in [0.15, 0.2) is 5.58 Å². The van der Waals surface area contributed by atoms with Gasteiger partial charge in [-0.1, -0.05) is 23.4 Å². The molecular weight excluding hydrogens is 396 g/mol. The SMILES string of the molecule is CN1CCN(c2ccc(NC(=O)CSc3nc4cc(Cl)ccc4o3)cc2)CC1. The van der Waals surface area contributed by atoms with Crippen LogP contribution in [0.3, 0.4) is 0 Å². The van der Waals surface area contributed by atoms with Gasteiger partial charge >= 0.3 is 0 Å². The second-order valence-corrected chi connectivity index (χ2v) is 8.13. The number of anilines is 2. The number of amides is 1. The Morgan fingerprint density at radius 2 is 1.93 bits per heavy atom. The molecule has 28 heavy (non-hydrogen) atoms. The van der Waals surface area contributed by atoms with Crippen molar-refractivity contribution in [2.24, 2.45) is 0 Å². The van der Waals surface area contributed by atoms with E-state index in [4.69, 9.17) is 16.0 Å². The summed E-state index contributed by atoms with van der Waals surface area (Å²) < 4.78 is 5.62. The Balaban J connectivity index is 1.30. The van der Waals surface area contributed by atoms with Crippen LogP contribution in [-0.4, -0.2) is 54.8 Å². The number of piperazine rings is 1. The third-order valence-electron chi connectivity index (χ3n) is 4.68. The number of hydrogen-bond acceptors (Lipinski definition) is 6. The van der Waals surface area contributed by atoms with E-state index in [0.29, 0.717) is 21.3 Å². The number of benzene rings is 2. The minimum atomic E-state index is -0.0994. The summed E-state index contributed by atoms with van der Waals surface area (Å²) in [4.78, 5) is 21.3. The Kier molecular flexibility index (Phi) is 5.75. The first-order valence-corrected chi connectivity index (χ1v) is 10.5. The number of carbonyl (C=O) groups is 1. The predicted octanol–water partition coefficient (Wildman–Crippen LogP) is 3.96. The first kappa shape index (κ1) is 19.1. The Morgan fingerprint density at radius 1 is 1.18 bits per heavy atom. The molecule has 1 aliphatic rings. The number of likely N-dealkylation sites (N-methyl/N-ethyl adjacent to an activating group) is 1. The second kappa shape index (κ2) is 8.43. The minimum Gasteiger partial charge on any atom is -0.431 e. The number of fused-ring (bicyclic) bond motifs is 1. The van der Waals surface area contributed by atoms with Crippen LogP contribution in [-0.2, 0) is 4.79 Å². The highest BCUT2D eigenvalue weighted by Crippen LogP contribution is 2.26. The van der Waals surface area contributed by atoms with Gasteiger partial charge in [-0.25, -0.2) is 4.98 Å². The summed E-state index contributed by atoms with van der Waals surface area (Å²) in [7, 11) is 2.14. The van der Waals surface area contributed by atoms with E-state index in [0.717, 1.165) is 31.9 Å². The smallest absolute Gasteiger partial charge is 0.257 e. The van der Waals surface area contributed by atoms with Crippen LogP contribution in [0.5, 0.6) is 0 Å². The van der Waals surface area contributed by atoms with Gasteiger partial charge in [-0.2, -0.15) is 0 Å². The van der Waals surface area contributed by atoms with E-state index in [1.807, 2.05) is 12.1 Å². The van der Waals surface area contributed by atoms with Crippen LogP contribution in [0.4, 0.5) is 11.4 Å². The van der Waals surface area contributed by atoms with Crippen LogP contribution in [0.2, 0.25) is 5.02 Å². The fraction of sp³-hybridized carbons (Fsp3) is 0.300. The summed E-state index contributed by atoms with van der Waals surface area (Å²) in [6, 6.07) is 13.3. The van der Waals surface area contributed by atoms with Gasteiger partial charge in [0.25, 0.3) is 5.22 Å². The molecule has 146 valence electrons. The van der Waals surface area contributed by atoms with Crippen molar-refractivity contribution in [3.05, 3.63) is 47.5 Å². The average Bonchev–Trinajstić information content (AvgIpc) is 3.10. The van der Waals surface area contributed by atoms with Gasteiger partial charge in [0.05, 0.1) is 5.75 Å². The topological polar surface area (TPSA) is 61.6 Å². The van der Waals surface area contributed by atoms with E-state index in [1.165, 1.54) is 17.4 Å². The molecule has 1 fully saturated rings. The summed E-state index contributed by atoms with van der Waals surface area (Å²) in [6.45, 7) is 4.18. The molecule has 0 saturated carbocycles. The Morgan fingerprint density at radius 3 is 2.68 bits per heavy atom. The first-order valence-electron chi connectivity index (χ1n) is 9.09. The van der Waals surface area contributed by atoms with Gasteiger partial charge in [-0.3, -0.25) is 4.79 Å². The summed E-state index contributed by atoms with van der Waals surface area (Å²) in [5.74, 6) is 0.124. The lowest BCUT2D eigenvalue weighted by Gasteiger charge is -2.34. The molecule has 2 aromatic carbocycles. The van der Waals surface area contributed by atoms with Crippen LogP contribution in [0.15, 0.2) is 52.1 Å². The second-order valence-electron chi connectivity index (χ2n) is 6.77. The van der Waals surface area contributed by atoms with Crippen molar-refractivity contribution in [1.29, 1.82) is 0 Å². The third kappa shape index (κ3) is 4.60. The molecule has 0 aliphatic carbocycles. The van der Waals surface area contributed by atoms with Crippen molar-refractivity contribution >= 4 is 51.7 Å². The summed E-state index contributed by atoms with van der Waals surface area (Å²) in [5, 5.41) is 3.98. The van der Waals surface area contributed by atoms with E-state index in [-0.39, 0.29) is 11.7 Å². The van der Waals surface area contributed by atoms with E-state index in [9.17, 15) is 4.79 Å². The number of aromatic nitrogens is 1. The number of halogens is 1. The van der Waals surface area contributed by atoms with Gasteiger partial charge in [0, 0.05) is 42.6 Å². The van der Waals surface area contributed by atoms with Crippen molar-refractivity contribution in [2.75, 3.05) is 49.2 Å². The summed E-state index contributed by atoms with van der Waals surface area (Å²) in [6.07, 6.45) is 0. The van der Waals surface area contributed by atoms with Gasteiger partial charge in [-0.15, -0.1) is 0 Å². The van der Waals surface area contributed by atoms with Crippen molar-refractivity contribution in [1.82, 2.24) is 9.88 Å². The summed E-state index contributed by atoms with van der Waals surface area (Å²) >= 11 is 7.21. The number of oxazole rings is 1. The van der Waals surface area contributed by atoms with Crippen LogP contribution in [0.25, 0.3) is 11.1 Å². The molecule has 0 spiro atoms. The molecule has 1 aromatic heterocycles. The third-order valence-corrected chi connectivity index (χ3v) is 5.74. The lowest BCUT2D eigenvalue weighted by molar-refractivity contribution is -0.113. The normalized spacial score (nSPS) is 15.1. The lowest BCUT2D eigenvalue weighted by Crippen LogP contribution is -2.44. The molecule has 1 saturated heterocycles. The highest BCUT2D eigenvalue weighted by molar-refractivity contribution is 7.99. The number of nitrogens with zero attached hydrogens (tertiary/aromatic N) is 3. The largest absolute Gasteiger partial charge is 0.431 e. The number of nitrogens with one attached hydrogen (secondary N) is 1. The van der Waals surface area contributed by atoms with Crippen LogP contribution < -0.4 is 10.2 Å². The van der Waals surface area contributed by atoms with E-state index >= 15 is 0 Å². The van der Waals surface area contributed by atoms with E-state index in [1.54, 1.807) is 18.2 Å². The number of carbonyl (C=O) groups excluding carboxylic acids is 1. The number of thioether (sulfide) groups is 1. The molecular formula is C20H21ClN4O2S. The highest BCUT2D eigenvalue weighted by atomic mass is 35.5. The van der Waals surface area contributed by atoms with Crippen molar-refractivity contribution < 1.29 is 9.21 Å². The number of rotatable bonds is 5. The zero-order valence-corrected chi connectivity index (χ0v) is 17.1. The van der Waals surface area contributed by atoms with Gasteiger partial charge in [0.1, 0.15) is 5.52 Å². The van der Waals surface area contributed by atoms with Gasteiger partial charge in [-0.05, 0) is 49.5 Å². The van der Waals surface area contributed by atoms with Gasteiger partial charge < -0.3 is 19.5 Å². The minimum absolute atomic E-state index is 0.0994. The molecule has 6 nitrogen and oxygen atoms in total. The van der Waals surface area contributed by atoms with Crippen molar-refractivity contribution in [3.8, 4) is 0 Å². The molecule has 2 heterocycles. The lowest BCUT2D eigenvalue weighted by atomic mass is 10.2. The van der Waals surface area contributed by atoms with Gasteiger partial charge in [0.2, 0.25) is 5.91 Å². The molecule has 0 radical (unpaired) electrons. The van der Waals surface area contributed by atoms with E-state index < -0.39 is 0 Å². The van der Waals surface area contributed by atoms with Crippen LogP contribution >= 0.6 is 23.4 Å². The maximum Gasteiger partial charge on any atom is 0.257 e. The molecule has 4 rings (SSSR count). The molecule has 8 heteroatoms. The molecule has 1 N–H and O–H groups in total. The molecule has 1 amide bonds. The Labute approximate surface area is 172 Å². The average molecular weight is 417 g/mol. The van der Waals surface area contributed by atoms with Crippen LogP contribution in [0.1, 0.15) is 0 Å². The monoisotopic (exact) mass is 416 g/mol. The zero-order chi connectivity index (χ0) is 19.5. The summed E-state index contributed by atoms with van der Waals surface area (Å²) in [5.41, 5.74) is 3.32.